The number of carbonyl (C=O) groups is 1. The smallest absolute Gasteiger partial charge is 0.416 e. The molecule has 3 nitrogen and oxygen atoms in total. The van der Waals surface area contributed by atoms with Gasteiger partial charge in [0.05, 0.1) is 11.7 Å². The van der Waals surface area contributed by atoms with Gasteiger partial charge in [-0.2, -0.15) is 13.2 Å². The van der Waals surface area contributed by atoms with Gasteiger partial charge in [0.1, 0.15) is 25.2 Å². The van der Waals surface area contributed by atoms with Gasteiger partial charge in [0.15, 0.2) is 0 Å². The predicted molar refractivity (Wildman–Crippen MR) is 94.8 cm³/mol. The number of hydrogen-bond donors (Lipinski definition) is 0. The van der Waals surface area contributed by atoms with Gasteiger partial charge < -0.3 is 14.3 Å². The Morgan fingerprint density at radius 2 is 2.00 bits per heavy atom. The van der Waals surface area contributed by atoms with E-state index in [0.717, 1.165) is 42.7 Å². The highest BCUT2D eigenvalue weighted by Crippen LogP contribution is 2.33. The van der Waals surface area contributed by atoms with Gasteiger partial charge in [-0.1, -0.05) is 18.2 Å². The van der Waals surface area contributed by atoms with Crippen LogP contribution in [0.25, 0.3) is 0 Å². The van der Waals surface area contributed by atoms with Crippen LogP contribution in [0.5, 0.6) is 5.75 Å². The van der Waals surface area contributed by atoms with E-state index in [9.17, 15) is 18.0 Å². The Morgan fingerprint density at radius 1 is 1.19 bits per heavy atom. The Morgan fingerprint density at radius 3 is 2.74 bits per heavy atom. The first-order valence-corrected chi connectivity index (χ1v) is 8.84. The highest BCUT2D eigenvalue weighted by molar-refractivity contribution is 5.50. The Kier molecular flexibility index (Phi) is 5.85. The van der Waals surface area contributed by atoms with E-state index in [2.05, 4.69) is 0 Å². The Labute approximate surface area is 156 Å². The second kappa shape index (κ2) is 8.13. The average molecular weight is 378 g/mol. The van der Waals surface area contributed by atoms with E-state index in [1.165, 1.54) is 13.0 Å². The van der Waals surface area contributed by atoms with Gasteiger partial charge in [0, 0.05) is 0 Å². The van der Waals surface area contributed by atoms with Crippen molar-refractivity contribution in [3.8, 4) is 5.75 Å². The van der Waals surface area contributed by atoms with E-state index in [1.54, 1.807) is 6.07 Å². The summed E-state index contributed by atoms with van der Waals surface area (Å²) in [6.45, 7) is 1.66. The van der Waals surface area contributed by atoms with E-state index in [-0.39, 0.29) is 24.9 Å². The largest absolute Gasteiger partial charge is 0.489 e. The van der Waals surface area contributed by atoms with Crippen LogP contribution in [0.2, 0.25) is 0 Å². The van der Waals surface area contributed by atoms with Crippen LogP contribution in [-0.2, 0) is 35.2 Å². The highest BCUT2D eigenvalue weighted by atomic mass is 19.4. The topological polar surface area (TPSA) is 35.5 Å². The van der Waals surface area contributed by atoms with Crippen molar-refractivity contribution in [2.45, 2.75) is 45.1 Å². The van der Waals surface area contributed by atoms with Crippen molar-refractivity contribution in [1.82, 2.24) is 0 Å². The first-order chi connectivity index (χ1) is 12.9. The summed E-state index contributed by atoms with van der Waals surface area (Å²) in [7, 11) is 0. The van der Waals surface area contributed by atoms with Crippen LogP contribution in [0.1, 0.15) is 34.2 Å². The molecule has 1 aliphatic carbocycles. The molecule has 0 N–H and O–H groups in total. The number of hydrogen-bond acceptors (Lipinski definition) is 3. The van der Waals surface area contributed by atoms with Crippen molar-refractivity contribution in [2.75, 3.05) is 6.61 Å². The number of halogens is 3. The maximum Gasteiger partial charge on any atom is 0.416 e. The van der Waals surface area contributed by atoms with Crippen LogP contribution in [-0.4, -0.2) is 19.0 Å². The minimum absolute atomic E-state index is 0.0437. The molecule has 0 spiro atoms. The third kappa shape index (κ3) is 4.69. The Hall–Kier alpha value is -2.34. The molecule has 2 aromatic carbocycles. The molecule has 0 amide bonds. The molecule has 0 saturated heterocycles. The van der Waals surface area contributed by atoms with Gasteiger partial charge in [0.25, 0.3) is 0 Å². The van der Waals surface area contributed by atoms with Gasteiger partial charge in [-0.15, -0.1) is 0 Å². The molecule has 6 heteroatoms. The second-order valence-corrected chi connectivity index (χ2v) is 6.67. The summed E-state index contributed by atoms with van der Waals surface area (Å²) in [6, 6.07) is 9.86. The number of benzene rings is 2. The lowest BCUT2D eigenvalue weighted by atomic mass is 9.89. The summed E-state index contributed by atoms with van der Waals surface area (Å²) >= 11 is 0. The minimum Gasteiger partial charge on any atom is -0.489 e. The van der Waals surface area contributed by atoms with Crippen molar-refractivity contribution < 1.29 is 27.4 Å². The highest BCUT2D eigenvalue weighted by Gasteiger charge is 2.32. The van der Waals surface area contributed by atoms with Crippen LogP contribution in [0, 0.1) is 6.92 Å². The summed E-state index contributed by atoms with van der Waals surface area (Å²) in [6.07, 6.45) is -1.18. The molecule has 0 heterocycles. The molecule has 3 rings (SSSR count). The zero-order chi connectivity index (χ0) is 19.4. The Balaban J connectivity index is 1.67. The lowest BCUT2D eigenvalue weighted by Gasteiger charge is -2.24. The number of alkyl halides is 3. The molecule has 0 aromatic heterocycles. The van der Waals surface area contributed by atoms with Gasteiger partial charge >= 0.3 is 6.18 Å². The third-order valence-electron chi connectivity index (χ3n) is 4.91. The van der Waals surface area contributed by atoms with Gasteiger partial charge in [0.2, 0.25) is 0 Å². The van der Waals surface area contributed by atoms with Crippen molar-refractivity contribution in [2.24, 2.45) is 0 Å². The quantitative estimate of drug-likeness (QED) is 0.686. The second-order valence-electron chi connectivity index (χ2n) is 6.67. The number of fused-ring (bicyclic) bond motifs is 1. The lowest BCUT2D eigenvalue weighted by Crippen LogP contribution is -2.23. The molecule has 2 aromatic rings. The summed E-state index contributed by atoms with van der Waals surface area (Å²) in [5.74, 6) is 0.637. The fourth-order valence-corrected chi connectivity index (χ4v) is 3.41. The van der Waals surface area contributed by atoms with E-state index in [1.807, 2.05) is 18.2 Å². The van der Waals surface area contributed by atoms with Crippen LogP contribution >= 0.6 is 0 Å². The molecule has 0 fully saturated rings. The number of aryl methyl sites for hydroxylation is 1. The number of ether oxygens (including phenoxy) is 2. The normalized spacial score (nSPS) is 16.7. The van der Waals surface area contributed by atoms with Crippen molar-refractivity contribution in [3.63, 3.8) is 0 Å². The van der Waals surface area contributed by atoms with Crippen LogP contribution in [0.4, 0.5) is 13.2 Å². The standard InChI is InChI=1S/C21H21F3O3/c1-14-17(3-2-4-20(14)21(22,23)24)13-27-19-8-6-15-11-18(26-10-9-25)7-5-16(15)12-19/h2-4,6,8-9,12,18H,5,7,10-11,13H2,1H3. The van der Waals surface area contributed by atoms with E-state index >= 15 is 0 Å². The van der Waals surface area contributed by atoms with Gasteiger partial charge in [-0.25, -0.2) is 0 Å². The molecule has 1 aliphatic rings. The lowest BCUT2D eigenvalue weighted by molar-refractivity contribution is -0.138. The van der Waals surface area contributed by atoms with Crippen molar-refractivity contribution in [1.29, 1.82) is 0 Å². The first kappa shape index (κ1) is 19.4. The summed E-state index contributed by atoms with van der Waals surface area (Å²) in [5, 5.41) is 0. The van der Waals surface area contributed by atoms with Gasteiger partial charge in [-0.05, 0) is 66.6 Å². The molecule has 0 radical (unpaired) electrons. The number of rotatable bonds is 6. The number of aldehydes is 1. The molecule has 1 unspecified atom stereocenters. The van der Waals surface area contributed by atoms with E-state index in [4.69, 9.17) is 9.47 Å². The van der Waals surface area contributed by atoms with Crippen LogP contribution < -0.4 is 4.74 Å². The molecule has 0 bridgehead atoms. The molecule has 1 atom stereocenters. The third-order valence-corrected chi connectivity index (χ3v) is 4.91. The summed E-state index contributed by atoms with van der Waals surface area (Å²) < 4.78 is 50.3. The van der Waals surface area contributed by atoms with Crippen LogP contribution in [0.15, 0.2) is 36.4 Å². The average Bonchev–Trinajstić information content (AvgIpc) is 2.64. The summed E-state index contributed by atoms with van der Waals surface area (Å²) in [5.41, 5.74) is 2.39. The van der Waals surface area contributed by atoms with Crippen molar-refractivity contribution in [3.05, 3.63) is 64.2 Å². The molecule has 0 aliphatic heterocycles. The summed E-state index contributed by atoms with van der Waals surface area (Å²) in [4.78, 5) is 10.4. The molecular formula is C21H21F3O3. The number of carbonyl (C=O) groups excluding carboxylic acids is 1. The zero-order valence-electron chi connectivity index (χ0n) is 15.0. The predicted octanol–water partition coefficient (Wildman–Crippen LogP) is 4.67. The zero-order valence-corrected chi connectivity index (χ0v) is 15.0. The Bertz CT molecular complexity index is 815. The fraction of sp³-hybridized carbons (Fsp3) is 0.381. The first-order valence-electron chi connectivity index (χ1n) is 8.84. The van der Waals surface area contributed by atoms with Crippen LogP contribution in [0.3, 0.4) is 0 Å². The molecular weight excluding hydrogens is 357 g/mol. The van der Waals surface area contributed by atoms with E-state index in [0.29, 0.717) is 11.3 Å². The van der Waals surface area contributed by atoms with E-state index < -0.39 is 11.7 Å². The molecule has 27 heavy (non-hydrogen) atoms. The monoisotopic (exact) mass is 378 g/mol. The SMILES string of the molecule is Cc1c(COc2ccc3c(c2)CCC(OCC=O)C3)cccc1C(F)(F)F. The molecule has 0 saturated carbocycles. The van der Waals surface area contributed by atoms with Crippen molar-refractivity contribution >= 4 is 6.29 Å². The fourth-order valence-electron chi connectivity index (χ4n) is 3.41. The van der Waals surface area contributed by atoms with Gasteiger partial charge in [-0.3, -0.25) is 0 Å². The maximum absolute atomic E-state index is 13.0. The molecule has 144 valence electrons. The minimum atomic E-state index is -4.37. The maximum atomic E-state index is 13.0.